The molecule has 0 fully saturated rings. The molecule has 7 nitrogen and oxygen atoms in total. The van der Waals surface area contributed by atoms with E-state index in [0.717, 1.165) is 13.7 Å². The minimum atomic E-state index is -4.41. The minimum absolute atomic E-state index is 0.242. The maximum Gasteiger partial charge on any atom is 0.392 e. The summed E-state index contributed by atoms with van der Waals surface area (Å²) in [6, 6.07) is 0. The van der Waals surface area contributed by atoms with Crippen LogP contribution in [0.4, 0.5) is 0 Å². The van der Waals surface area contributed by atoms with Crippen LogP contribution in [0, 0.1) is 0 Å². The molecule has 17 heavy (non-hydrogen) atoms. The highest BCUT2D eigenvalue weighted by Gasteiger charge is 2.19. The van der Waals surface area contributed by atoms with Gasteiger partial charge in [0.25, 0.3) is 0 Å². The first-order valence-electron chi connectivity index (χ1n) is 4.69. The lowest BCUT2D eigenvalue weighted by Gasteiger charge is -2.23. The first kappa shape index (κ1) is 18.4. The summed E-state index contributed by atoms with van der Waals surface area (Å²) in [6.07, 6.45) is 0. The van der Waals surface area contributed by atoms with Crippen molar-refractivity contribution in [2.45, 2.75) is 13.8 Å². The quantitative estimate of drug-likeness (QED) is 0.238. The average molecular weight is 269 g/mol. The number of nitrogens with zero attached hydrogens (tertiary/aromatic N) is 1. The lowest BCUT2D eigenvalue weighted by atomic mass is 10.4. The van der Waals surface area contributed by atoms with Gasteiger partial charge < -0.3 is 4.55 Å². The van der Waals surface area contributed by atoms with E-state index in [0.29, 0.717) is 5.57 Å². The molecule has 102 valence electrons. The molecular weight excluding hydrogens is 250 g/mol. The minimum Gasteiger partial charge on any atom is -0.726 e. The van der Waals surface area contributed by atoms with Gasteiger partial charge in [-0.2, -0.15) is 0 Å². The van der Waals surface area contributed by atoms with Crippen molar-refractivity contribution in [3.8, 4) is 0 Å². The Bertz CT molecular complexity index is 360. The van der Waals surface area contributed by atoms with Gasteiger partial charge in [-0.15, -0.1) is 4.65 Å². The van der Waals surface area contributed by atoms with Gasteiger partial charge in [0, 0.05) is 5.57 Å². The molecule has 0 radical (unpaired) electrons. The molecule has 0 saturated carbocycles. The van der Waals surface area contributed by atoms with Gasteiger partial charge in [-0.05, 0) is 13.8 Å². The fraction of sp³-hybridized carbons (Fsp3) is 0.667. The standard InChI is InChI=1S/C8H16NO2.CH4O4S/c1-6-9(4,5)11-8(10)7(2)3;1-5-6(2,3)4/h2,6H2,1,3-5H3;1H3,(H,2,3,4)/q+1;/p-1. The van der Waals surface area contributed by atoms with Crippen molar-refractivity contribution in [1.29, 1.82) is 0 Å². The number of hydrogen-bond donors (Lipinski definition) is 0. The van der Waals surface area contributed by atoms with Crippen molar-refractivity contribution in [3.05, 3.63) is 12.2 Å². The van der Waals surface area contributed by atoms with Gasteiger partial charge in [-0.3, -0.25) is 9.02 Å². The second kappa shape index (κ2) is 7.38. The van der Waals surface area contributed by atoms with E-state index in [4.69, 9.17) is 4.84 Å². The van der Waals surface area contributed by atoms with Gasteiger partial charge in [0.2, 0.25) is 10.4 Å². The van der Waals surface area contributed by atoms with Crippen molar-refractivity contribution >= 4 is 16.4 Å². The topological polar surface area (TPSA) is 92.7 Å². The third kappa shape index (κ3) is 13.0. The zero-order chi connectivity index (χ0) is 14.3. The lowest BCUT2D eigenvalue weighted by molar-refractivity contribution is -1.06. The van der Waals surface area contributed by atoms with Crippen LogP contribution in [0.25, 0.3) is 0 Å². The molecule has 0 aromatic heterocycles. The lowest BCUT2D eigenvalue weighted by Crippen LogP contribution is -2.41. The number of carbonyl (C=O) groups is 1. The number of carbonyl (C=O) groups excluding carboxylic acids is 1. The predicted octanol–water partition coefficient (Wildman–Crippen LogP) is 0.210. The van der Waals surface area contributed by atoms with Crippen LogP contribution in [0.5, 0.6) is 0 Å². The van der Waals surface area contributed by atoms with Crippen LogP contribution < -0.4 is 0 Å². The van der Waals surface area contributed by atoms with Crippen molar-refractivity contribution in [1.82, 2.24) is 0 Å². The van der Waals surface area contributed by atoms with Crippen LogP contribution in [0.2, 0.25) is 0 Å². The van der Waals surface area contributed by atoms with E-state index >= 15 is 0 Å². The van der Waals surface area contributed by atoms with Crippen LogP contribution in [-0.2, 0) is 24.2 Å². The third-order valence-corrected chi connectivity index (χ3v) is 2.05. The molecule has 0 N–H and O–H groups in total. The summed E-state index contributed by atoms with van der Waals surface area (Å²) < 4.78 is 31.3. The van der Waals surface area contributed by atoms with E-state index in [1.165, 1.54) is 0 Å². The summed E-state index contributed by atoms with van der Waals surface area (Å²) in [4.78, 5) is 16.0. The normalized spacial score (nSPS) is 11.2. The van der Waals surface area contributed by atoms with Crippen LogP contribution >= 0.6 is 0 Å². The Balaban J connectivity index is 0. The third-order valence-electron chi connectivity index (χ3n) is 1.64. The first-order valence-corrected chi connectivity index (χ1v) is 6.02. The summed E-state index contributed by atoms with van der Waals surface area (Å²) in [7, 11) is 0.0364. The highest BCUT2D eigenvalue weighted by atomic mass is 32.3. The molecule has 0 aliphatic rings. The SMILES string of the molecule is C=C(C)C(=O)O[N+](C)(C)CC.COS(=O)(=O)[O-]. The molecule has 0 aromatic rings. The molecule has 0 amide bonds. The summed E-state index contributed by atoms with van der Waals surface area (Å²) in [5, 5.41) is 0. The number of quaternary nitrogens is 1. The maximum absolute atomic E-state index is 11.0. The molecule has 0 bridgehead atoms. The highest BCUT2D eigenvalue weighted by Crippen LogP contribution is 2.02. The van der Waals surface area contributed by atoms with Crippen LogP contribution in [0.15, 0.2) is 12.2 Å². The van der Waals surface area contributed by atoms with Gasteiger partial charge >= 0.3 is 5.97 Å². The Hall–Kier alpha value is -0.960. The van der Waals surface area contributed by atoms with Crippen molar-refractivity contribution in [2.75, 3.05) is 27.7 Å². The molecule has 0 unspecified atom stereocenters. The van der Waals surface area contributed by atoms with Crippen molar-refractivity contribution in [2.24, 2.45) is 0 Å². The van der Waals surface area contributed by atoms with Gasteiger partial charge in [0.05, 0.1) is 7.11 Å². The molecule has 0 heterocycles. The Morgan fingerprint density at radius 3 is 1.94 bits per heavy atom. The van der Waals surface area contributed by atoms with Gasteiger partial charge in [-0.1, -0.05) is 6.58 Å². The first-order chi connectivity index (χ1) is 7.45. The predicted molar refractivity (Wildman–Crippen MR) is 60.3 cm³/mol. The molecule has 0 spiro atoms. The van der Waals surface area contributed by atoms with Crippen LogP contribution in [0.1, 0.15) is 13.8 Å². The molecule has 8 heteroatoms. The van der Waals surface area contributed by atoms with Crippen molar-refractivity contribution < 1.29 is 31.4 Å². The van der Waals surface area contributed by atoms with E-state index in [1.54, 1.807) is 6.92 Å². The summed E-state index contributed by atoms with van der Waals surface area (Å²) in [6.45, 7) is 7.82. The van der Waals surface area contributed by atoms with Gasteiger partial charge in [-0.25, -0.2) is 13.2 Å². The largest absolute Gasteiger partial charge is 0.726 e. The second-order valence-corrected chi connectivity index (χ2v) is 4.77. The fourth-order valence-corrected chi connectivity index (χ4v) is 0.367. The van der Waals surface area contributed by atoms with Gasteiger partial charge in [0.1, 0.15) is 20.6 Å². The molecule has 0 aliphatic heterocycles. The number of rotatable bonds is 4. The smallest absolute Gasteiger partial charge is 0.392 e. The van der Waals surface area contributed by atoms with E-state index in [1.807, 2.05) is 21.0 Å². The van der Waals surface area contributed by atoms with Crippen LogP contribution in [0.3, 0.4) is 0 Å². The van der Waals surface area contributed by atoms with E-state index in [-0.39, 0.29) is 10.6 Å². The Kier molecular flexibility index (Phi) is 7.99. The zero-order valence-corrected chi connectivity index (χ0v) is 11.5. The molecule has 0 atom stereocenters. The molecule has 0 saturated heterocycles. The molecular formula is C9H19NO6S. The summed E-state index contributed by atoms with van der Waals surface area (Å²) >= 11 is 0. The van der Waals surface area contributed by atoms with Crippen LogP contribution in [-0.4, -0.2) is 51.3 Å². The van der Waals surface area contributed by atoms with Gasteiger partial charge in [0.15, 0.2) is 0 Å². The molecule has 0 aliphatic carbocycles. The number of hydroxylamine groups is 3. The Morgan fingerprint density at radius 2 is 1.76 bits per heavy atom. The second-order valence-electron chi connectivity index (χ2n) is 3.62. The molecule has 0 rings (SSSR count). The van der Waals surface area contributed by atoms with E-state index in [9.17, 15) is 17.8 Å². The summed E-state index contributed by atoms with van der Waals surface area (Å²) in [5.41, 5.74) is 0.435. The fourth-order valence-electron chi connectivity index (χ4n) is 0.367. The summed E-state index contributed by atoms with van der Waals surface area (Å²) in [5.74, 6) is -0.336. The monoisotopic (exact) mass is 269 g/mol. The number of hydrogen-bond acceptors (Lipinski definition) is 6. The Morgan fingerprint density at radius 1 is 1.41 bits per heavy atom. The van der Waals surface area contributed by atoms with Crippen molar-refractivity contribution in [3.63, 3.8) is 0 Å². The zero-order valence-electron chi connectivity index (χ0n) is 10.7. The maximum atomic E-state index is 11.0. The molecule has 0 aromatic carbocycles. The Labute approximate surface area is 102 Å². The average Bonchev–Trinajstić information content (AvgIpc) is 2.17. The van der Waals surface area contributed by atoms with E-state index in [2.05, 4.69) is 10.8 Å². The van der Waals surface area contributed by atoms with E-state index < -0.39 is 10.4 Å². The highest BCUT2D eigenvalue weighted by molar-refractivity contribution is 7.80.